The average Bonchev–Trinajstić information content (AvgIpc) is 3.17. The first-order valence-corrected chi connectivity index (χ1v) is 9.20. The molecule has 142 valence electrons. The fraction of sp³-hybridized carbons (Fsp3) is 0.0952. The summed E-state index contributed by atoms with van der Waals surface area (Å²) in [6.07, 6.45) is 5.21. The Labute approximate surface area is 172 Å². The van der Waals surface area contributed by atoms with Crippen LogP contribution in [0.4, 0.5) is 5.82 Å². The first-order valence-electron chi connectivity index (χ1n) is 8.82. The van der Waals surface area contributed by atoms with Gasteiger partial charge in [-0.05, 0) is 24.3 Å². The summed E-state index contributed by atoms with van der Waals surface area (Å²) >= 11 is 6.47. The lowest BCUT2D eigenvalue weighted by molar-refractivity contribution is 0.770. The minimum Gasteiger partial charge on any atom is -0.364 e. The Hall–Kier alpha value is -3.76. The van der Waals surface area contributed by atoms with E-state index in [0.29, 0.717) is 40.0 Å². The Kier molecular flexibility index (Phi) is 4.94. The van der Waals surface area contributed by atoms with Crippen LogP contribution in [0.15, 0.2) is 55.4 Å². The molecule has 0 aliphatic rings. The maximum atomic E-state index is 9.61. The van der Waals surface area contributed by atoms with E-state index in [9.17, 15) is 5.26 Å². The lowest BCUT2D eigenvalue weighted by Crippen LogP contribution is -2.07. The van der Waals surface area contributed by atoms with Crippen molar-refractivity contribution in [1.82, 2.24) is 24.7 Å². The summed E-state index contributed by atoms with van der Waals surface area (Å²) < 4.78 is 1.69. The van der Waals surface area contributed by atoms with Crippen LogP contribution < -0.4 is 5.32 Å². The van der Waals surface area contributed by atoms with E-state index in [0.717, 1.165) is 10.9 Å². The Morgan fingerprint density at radius 2 is 2.14 bits per heavy atom. The van der Waals surface area contributed by atoms with Crippen LogP contribution in [0, 0.1) is 11.3 Å². The topological polar surface area (TPSA) is 92.3 Å². The summed E-state index contributed by atoms with van der Waals surface area (Å²) in [5.41, 5.74) is 3.34. The van der Waals surface area contributed by atoms with Gasteiger partial charge in [0.15, 0.2) is 11.5 Å². The minimum absolute atomic E-state index is 0.184. The second-order valence-electron chi connectivity index (χ2n) is 6.31. The number of nitriles is 1. The van der Waals surface area contributed by atoms with E-state index in [4.69, 9.17) is 11.6 Å². The molecule has 0 radical (unpaired) electrons. The second kappa shape index (κ2) is 7.70. The number of rotatable bonds is 5. The summed E-state index contributed by atoms with van der Waals surface area (Å²) in [4.78, 5) is 13.6. The molecular weight excluding hydrogens is 386 g/mol. The van der Waals surface area contributed by atoms with Crippen molar-refractivity contribution in [1.29, 1.82) is 5.26 Å². The van der Waals surface area contributed by atoms with Crippen LogP contribution in [-0.4, -0.2) is 31.3 Å². The van der Waals surface area contributed by atoms with Crippen molar-refractivity contribution in [2.45, 2.75) is 0 Å². The number of halogens is 1. The first-order chi connectivity index (χ1) is 14.1. The highest BCUT2D eigenvalue weighted by Crippen LogP contribution is 2.34. The molecule has 29 heavy (non-hydrogen) atoms. The third-order valence-electron chi connectivity index (χ3n) is 4.30. The fourth-order valence-corrected chi connectivity index (χ4v) is 3.29. The highest BCUT2D eigenvalue weighted by atomic mass is 35.5. The van der Waals surface area contributed by atoms with Crippen LogP contribution in [0.5, 0.6) is 0 Å². The molecule has 3 heterocycles. The van der Waals surface area contributed by atoms with Crippen LogP contribution in [0.2, 0.25) is 5.02 Å². The lowest BCUT2D eigenvalue weighted by Gasteiger charge is -2.12. The summed E-state index contributed by atoms with van der Waals surface area (Å²) in [7, 11) is 1.83. The van der Waals surface area contributed by atoms with E-state index in [2.05, 4.69) is 38.0 Å². The summed E-state index contributed by atoms with van der Waals surface area (Å²) in [5, 5.41) is 18.5. The van der Waals surface area contributed by atoms with Crippen molar-refractivity contribution in [3.8, 4) is 28.7 Å². The number of pyridine rings is 1. The van der Waals surface area contributed by atoms with Crippen molar-refractivity contribution in [2.24, 2.45) is 7.05 Å². The largest absolute Gasteiger partial charge is 0.364 e. The van der Waals surface area contributed by atoms with Crippen molar-refractivity contribution < 1.29 is 0 Å². The molecular formula is C21H16ClN7. The highest BCUT2D eigenvalue weighted by Gasteiger charge is 2.19. The number of benzene rings is 1. The molecule has 1 aromatic carbocycles. The molecule has 0 fully saturated rings. The molecule has 0 saturated carbocycles. The number of aromatic nitrogens is 5. The molecule has 0 spiro atoms. The smallest absolute Gasteiger partial charge is 0.183 e. The van der Waals surface area contributed by atoms with E-state index in [1.54, 1.807) is 23.0 Å². The molecule has 0 aliphatic carbocycles. The zero-order valence-corrected chi connectivity index (χ0v) is 16.4. The van der Waals surface area contributed by atoms with Crippen LogP contribution in [0.3, 0.4) is 0 Å². The quantitative estimate of drug-likeness (QED) is 0.503. The van der Waals surface area contributed by atoms with Crippen LogP contribution in [-0.2, 0) is 7.05 Å². The van der Waals surface area contributed by atoms with Gasteiger partial charge in [0, 0.05) is 36.9 Å². The van der Waals surface area contributed by atoms with Gasteiger partial charge >= 0.3 is 0 Å². The molecule has 0 aliphatic heterocycles. The number of hydrogen-bond donors (Lipinski definition) is 1. The zero-order valence-electron chi connectivity index (χ0n) is 15.6. The molecule has 0 amide bonds. The van der Waals surface area contributed by atoms with Gasteiger partial charge in [0.25, 0.3) is 0 Å². The maximum absolute atomic E-state index is 9.61. The highest BCUT2D eigenvalue weighted by molar-refractivity contribution is 6.35. The second-order valence-corrected chi connectivity index (χ2v) is 6.71. The predicted molar refractivity (Wildman–Crippen MR) is 113 cm³/mol. The standard InChI is InChI=1S/C21H16ClN7/c1-3-7-25-21-17(12-23)26-19(20(27-21)16-6-9-29(2)28-16)14-10-13-5-4-8-24-18(13)15(22)11-14/h3-6,8-11H,1,7H2,2H3,(H,25,27). The molecule has 4 rings (SSSR count). The molecule has 3 aromatic heterocycles. The van der Waals surface area contributed by atoms with Crippen molar-refractivity contribution in [3.63, 3.8) is 0 Å². The van der Waals surface area contributed by atoms with E-state index in [1.165, 1.54) is 0 Å². The number of aryl methyl sites for hydroxylation is 1. The molecule has 1 N–H and O–H groups in total. The number of fused-ring (bicyclic) bond motifs is 1. The van der Waals surface area contributed by atoms with E-state index >= 15 is 0 Å². The first kappa shape index (κ1) is 18.6. The predicted octanol–water partition coefficient (Wildman–Crippen LogP) is 4.22. The van der Waals surface area contributed by atoms with Gasteiger partial charge in [-0.15, -0.1) is 6.58 Å². The minimum atomic E-state index is 0.184. The van der Waals surface area contributed by atoms with Gasteiger partial charge in [-0.25, -0.2) is 9.97 Å². The van der Waals surface area contributed by atoms with Gasteiger partial charge in [0.2, 0.25) is 0 Å². The van der Waals surface area contributed by atoms with Gasteiger partial charge in [-0.2, -0.15) is 10.4 Å². The third kappa shape index (κ3) is 3.53. The number of hydrogen-bond acceptors (Lipinski definition) is 6. The maximum Gasteiger partial charge on any atom is 0.183 e. The fourth-order valence-electron chi connectivity index (χ4n) is 3.01. The average molecular weight is 402 g/mol. The third-order valence-corrected chi connectivity index (χ3v) is 4.59. The molecule has 8 heteroatoms. The van der Waals surface area contributed by atoms with Gasteiger partial charge in [-0.1, -0.05) is 23.7 Å². The Morgan fingerprint density at radius 3 is 2.86 bits per heavy atom. The molecule has 7 nitrogen and oxygen atoms in total. The number of nitrogens with one attached hydrogen (secondary N) is 1. The van der Waals surface area contributed by atoms with Gasteiger partial charge in [0.1, 0.15) is 23.2 Å². The van der Waals surface area contributed by atoms with Crippen LogP contribution in [0.1, 0.15) is 5.69 Å². The molecule has 0 atom stereocenters. The van der Waals surface area contributed by atoms with Gasteiger partial charge in [0.05, 0.1) is 10.5 Å². The number of anilines is 1. The van der Waals surface area contributed by atoms with Gasteiger partial charge in [-0.3, -0.25) is 9.67 Å². The molecule has 4 aromatic rings. The van der Waals surface area contributed by atoms with Crippen LogP contribution >= 0.6 is 11.6 Å². The Morgan fingerprint density at radius 1 is 1.28 bits per heavy atom. The SMILES string of the molecule is C=CCNc1nc(-c2ccn(C)n2)c(-c2cc(Cl)c3ncccc3c2)nc1C#N. The Balaban J connectivity index is 1.99. The zero-order chi connectivity index (χ0) is 20.4. The monoisotopic (exact) mass is 401 g/mol. The molecule has 0 bridgehead atoms. The molecule has 0 unspecified atom stereocenters. The summed E-state index contributed by atoms with van der Waals surface area (Å²) in [5.74, 6) is 0.380. The summed E-state index contributed by atoms with van der Waals surface area (Å²) in [6.45, 7) is 4.15. The van der Waals surface area contributed by atoms with E-state index in [1.807, 2.05) is 37.5 Å². The van der Waals surface area contributed by atoms with Gasteiger partial charge < -0.3 is 5.32 Å². The normalized spacial score (nSPS) is 10.7. The van der Waals surface area contributed by atoms with Crippen molar-refractivity contribution in [3.05, 3.63) is 66.1 Å². The summed E-state index contributed by atoms with van der Waals surface area (Å²) in [6, 6.07) is 11.4. The van der Waals surface area contributed by atoms with E-state index in [-0.39, 0.29) is 5.69 Å². The number of nitrogens with zero attached hydrogens (tertiary/aromatic N) is 6. The van der Waals surface area contributed by atoms with E-state index < -0.39 is 0 Å². The lowest BCUT2D eigenvalue weighted by atomic mass is 10.0. The van der Waals surface area contributed by atoms with Crippen LogP contribution in [0.25, 0.3) is 33.5 Å². The molecule has 0 saturated heterocycles. The Bertz CT molecular complexity index is 1270. The van der Waals surface area contributed by atoms with Crippen molar-refractivity contribution in [2.75, 3.05) is 11.9 Å². The van der Waals surface area contributed by atoms with Crippen molar-refractivity contribution >= 4 is 28.3 Å².